The average Bonchev–Trinajstić information content (AvgIpc) is 2.49. The Morgan fingerprint density at radius 2 is 2.05 bits per heavy atom. The van der Waals surface area contributed by atoms with E-state index in [1.54, 1.807) is 31.4 Å². The number of methoxy groups -OCH3 is 1. The van der Waals surface area contributed by atoms with Gasteiger partial charge in [-0.15, -0.1) is 0 Å². The lowest BCUT2D eigenvalue weighted by atomic mass is 10.1. The first-order valence-corrected chi connectivity index (χ1v) is 6.83. The molecule has 0 aliphatic carbocycles. The number of ether oxygens (including phenoxy) is 1. The third-order valence-electron chi connectivity index (χ3n) is 3.08. The minimum absolute atomic E-state index is 0.289. The average molecular weight is 306 g/mol. The largest absolute Gasteiger partial charge is 0.497 e. The van der Waals surface area contributed by atoms with Crippen molar-refractivity contribution in [1.29, 1.82) is 0 Å². The van der Waals surface area contributed by atoms with Crippen molar-refractivity contribution in [2.24, 2.45) is 0 Å². The van der Waals surface area contributed by atoms with Crippen molar-refractivity contribution in [2.75, 3.05) is 7.11 Å². The van der Waals surface area contributed by atoms with E-state index < -0.39 is 5.97 Å². The summed E-state index contributed by atoms with van der Waals surface area (Å²) in [6, 6.07) is 12.4. The van der Waals surface area contributed by atoms with Gasteiger partial charge in [0.15, 0.2) is 0 Å². The molecule has 2 aromatic carbocycles. The van der Waals surface area contributed by atoms with Crippen molar-refractivity contribution in [1.82, 2.24) is 5.32 Å². The van der Waals surface area contributed by atoms with Crippen LogP contribution in [-0.4, -0.2) is 18.2 Å². The molecular weight excluding hydrogens is 290 g/mol. The van der Waals surface area contributed by atoms with Crippen LogP contribution in [0.25, 0.3) is 0 Å². The first-order valence-electron chi connectivity index (χ1n) is 6.45. The summed E-state index contributed by atoms with van der Waals surface area (Å²) >= 11 is 6.16. The highest BCUT2D eigenvalue weighted by Gasteiger charge is 2.04. The van der Waals surface area contributed by atoms with E-state index in [1.807, 2.05) is 18.2 Å². The molecule has 0 fully saturated rings. The van der Waals surface area contributed by atoms with Crippen LogP contribution < -0.4 is 10.1 Å². The molecule has 2 N–H and O–H groups in total. The van der Waals surface area contributed by atoms with E-state index in [-0.39, 0.29) is 5.56 Å². The molecule has 110 valence electrons. The zero-order chi connectivity index (χ0) is 15.2. The maximum Gasteiger partial charge on any atom is 0.335 e. The summed E-state index contributed by atoms with van der Waals surface area (Å²) in [4.78, 5) is 10.9. The number of rotatable bonds is 6. The van der Waals surface area contributed by atoms with E-state index >= 15 is 0 Å². The van der Waals surface area contributed by atoms with E-state index in [0.29, 0.717) is 18.1 Å². The number of hydrogen-bond donors (Lipinski definition) is 2. The Bertz CT molecular complexity index is 643. The van der Waals surface area contributed by atoms with Crippen molar-refractivity contribution in [2.45, 2.75) is 13.1 Å². The molecule has 0 spiro atoms. The Morgan fingerprint density at radius 1 is 1.24 bits per heavy atom. The second-order valence-corrected chi connectivity index (χ2v) is 4.97. The van der Waals surface area contributed by atoms with Crippen LogP contribution in [0.3, 0.4) is 0 Å². The number of carboxylic acid groups (broad SMARTS) is 1. The van der Waals surface area contributed by atoms with Gasteiger partial charge in [0.05, 0.1) is 12.7 Å². The molecule has 0 aliphatic heterocycles. The highest BCUT2D eigenvalue weighted by Crippen LogP contribution is 2.22. The highest BCUT2D eigenvalue weighted by atomic mass is 35.5. The molecule has 0 aliphatic rings. The van der Waals surface area contributed by atoms with E-state index in [1.165, 1.54) is 0 Å². The van der Waals surface area contributed by atoms with Crippen molar-refractivity contribution in [3.63, 3.8) is 0 Å². The van der Waals surface area contributed by atoms with Crippen LogP contribution in [0.5, 0.6) is 5.75 Å². The first kappa shape index (κ1) is 15.4. The fourth-order valence-corrected chi connectivity index (χ4v) is 2.19. The van der Waals surface area contributed by atoms with Crippen LogP contribution in [0.2, 0.25) is 5.02 Å². The maximum atomic E-state index is 10.9. The molecule has 4 nitrogen and oxygen atoms in total. The molecule has 0 heterocycles. The van der Waals surface area contributed by atoms with Crippen LogP contribution in [0, 0.1) is 0 Å². The van der Waals surface area contributed by atoms with E-state index in [2.05, 4.69) is 5.32 Å². The Labute approximate surface area is 128 Å². The monoisotopic (exact) mass is 305 g/mol. The van der Waals surface area contributed by atoms with Crippen LogP contribution >= 0.6 is 11.6 Å². The molecule has 0 amide bonds. The predicted molar refractivity (Wildman–Crippen MR) is 81.9 cm³/mol. The summed E-state index contributed by atoms with van der Waals surface area (Å²) < 4.78 is 5.10. The number of benzene rings is 2. The Kier molecular flexibility index (Phi) is 5.20. The second-order valence-electron chi connectivity index (χ2n) is 4.57. The van der Waals surface area contributed by atoms with Crippen LogP contribution in [0.1, 0.15) is 21.5 Å². The summed E-state index contributed by atoms with van der Waals surface area (Å²) in [5, 5.41) is 12.8. The number of hydrogen-bond acceptors (Lipinski definition) is 3. The fourth-order valence-electron chi connectivity index (χ4n) is 1.95. The van der Waals surface area contributed by atoms with Gasteiger partial charge in [-0.2, -0.15) is 0 Å². The molecular formula is C16H16ClNO3. The summed E-state index contributed by atoms with van der Waals surface area (Å²) in [6.45, 7) is 1.17. The number of aromatic carboxylic acids is 1. The third kappa shape index (κ3) is 4.21. The van der Waals surface area contributed by atoms with Gasteiger partial charge in [0.1, 0.15) is 5.75 Å². The van der Waals surface area contributed by atoms with E-state index in [4.69, 9.17) is 21.4 Å². The lowest BCUT2D eigenvalue weighted by molar-refractivity contribution is 0.0696. The summed E-state index contributed by atoms with van der Waals surface area (Å²) in [6.07, 6.45) is 0. The summed E-state index contributed by atoms with van der Waals surface area (Å²) in [5.41, 5.74) is 2.17. The Morgan fingerprint density at radius 3 is 2.71 bits per heavy atom. The van der Waals surface area contributed by atoms with Gasteiger partial charge in [-0.1, -0.05) is 29.8 Å². The van der Waals surface area contributed by atoms with Gasteiger partial charge >= 0.3 is 5.97 Å². The molecule has 0 bridgehead atoms. The van der Waals surface area contributed by atoms with Crippen molar-refractivity contribution in [3.05, 3.63) is 64.2 Å². The van der Waals surface area contributed by atoms with Gasteiger partial charge in [-0.05, 0) is 35.4 Å². The number of nitrogens with one attached hydrogen (secondary N) is 1. The van der Waals surface area contributed by atoms with Crippen molar-refractivity contribution < 1.29 is 14.6 Å². The first-order chi connectivity index (χ1) is 10.1. The SMILES string of the molecule is COc1ccc(CNCc2cccc(C(=O)O)c2)c(Cl)c1. The van der Waals surface area contributed by atoms with Gasteiger partial charge in [0.2, 0.25) is 0 Å². The van der Waals surface area contributed by atoms with Crippen LogP contribution in [0.4, 0.5) is 0 Å². The molecule has 2 rings (SSSR count). The van der Waals surface area contributed by atoms with Gasteiger partial charge in [0, 0.05) is 18.1 Å². The van der Waals surface area contributed by atoms with Gasteiger partial charge in [-0.25, -0.2) is 4.79 Å². The predicted octanol–water partition coefficient (Wildman–Crippen LogP) is 3.34. The lowest BCUT2D eigenvalue weighted by Crippen LogP contribution is -2.13. The fraction of sp³-hybridized carbons (Fsp3) is 0.188. The molecule has 0 saturated heterocycles. The van der Waals surface area contributed by atoms with Crippen LogP contribution in [-0.2, 0) is 13.1 Å². The van der Waals surface area contributed by atoms with Gasteiger partial charge in [-0.3, -0.25) is 0 Å². The lowest BCUT2D eigenvalue weighted by Gasteiger charge is -2.09. The maximum absolute atomic E-state index is 10.9. The summed E-state index contributed by atoms with van der Waals surface area (Å²) in [7, 11) is 1.60. The minimum atomic E-state index is -0.921. The third-order valence-corrected chi connectivity index (χ3v) is 3.43. The number of halogens is 1. The van der Waals surface area contributed by atoms with E-state index in [0.717, 1.165) is 16.9 Å². The highest BCUT2D eigenvalue weighted by molar-refractivity contribution is 6.31. The zero-order valence-electron chi connectivity index (χ0n) is 11.6. The van der Waals surface area contributed by atoms with Crippen molar-refractivity contribution in [3.8, 4) is 5.75 Å². The van der Waals surface area contributed by atoms with Gasteiger partial charge < -0.3 is 15.2 Å². The molecule has 21 heavy (non-hydrogen) atoms. The molecule has 0 atom stereocenters. The standard InChI is InChI=1S/C16H16ClNO3/c1-21-14-6-5-13(15(17)8-14)10-18-9-11-3-2-4-12(7-11)16(19)20/h2-8,18H,9-10H2,1H3,(H,19,20). The van der Waals surface area contributed by atoms with Gasteiger partial charge in [0.25, 0.3) is 0 Å². The number of carbonyl (C=O) groups is 1. The molecule has 5 heteroatoms. The summed E-state index contributed by atoms with van der Waals surface area (Å²) in [5.74, 6) is -0.201. The normalized spacial score (nSPS) is 10.4. The number of carboxylic acids is 1. The molecule has 0 unspecified atom stereocenters. The molecule has 0 aromatic heterocycles. The second kappa shape index (κ2) is 7.11. The Hall–Kier alpha value is -2.04. The molecule has 2 aromatic rings. The zero-order valence-corrected chi connectivity index (χ0v) is 12.4. The molecule has 0 radical (unpaired) electrons. The van der Waals surface area contributed by atoms with Crippen molar-refractivity contribution >= 4 is 17.6 Å². The Balaban J connectivity index is 1.95. The van der Waals surface area contributed by atoms with Crippen LogP contribution in [0.15, 0.2) is 42.5 Å². The van der Waals surface area contributed by atoms with E-state index in [9.17, 15) is 4.79 Å². The molecule has 0 saturated carbocycles. The smallest absolute Gasteiger partial charge is 0.335 e. The minimum Gasteiger partial charge on any atom is -0.497 e. The topological polar surface area (TPSA) is 58.6 Å². The quantitative estimate of drug-likeness (QED) is 0.859.